The zero-order valence-electron chi connectivity index (χ0n) is 6.36. The molecule has 0 rings (SSSR count). The summed E-state index contributed by atoms with van der Waals surface area (Å²) in [6, 6.07) is 0. The van der Waals surface area contributed by atoms with E-state index in [1.807, 2.05) is 0 Å². The minimum atomic E-state index is 0.250. The number of alkyl halides is 1. The molecule has 58 valence electrons. The van der Waals surface area contributed by atoms with E-state index in [4.69, 9.17) is 5.11 Å². The third kappa shape index (κ3) is 29.6. The van der Waals surface area contributed by atoms with E-state index in [0.29, 0.717) is 0 Å². The zero-order chi connectivity index (χ0) is 7.54. The number of rotatable bonds is 3. The topological polar surface area (TPSA) is 20.2 Å². The highest BCUT2D eigenvalue weighted by Gasteiger charge is 1.76. The van der Waals surface area contributed by atoms with Gasteiger partial charge >= 0.3 is 0 Å². The van der Waals surface area contributed by atoms with Crippen molar-refractivity contribution in [3.8, 4) is 0 Å². The van der Waals surface area contributed by atoms with Crippen LogP contribution in [0.1, 0.15) is 33.1 Å². The lowest BCUT2D eigenvalue weighted by Crippen LogP contribution is -1.70. The van der Waals surface area contributed by atoms with Crippen molar-refractivity contribution in [1.29, 1.82) is 0 Å². The molecule has 0 saturated carbocycles. The summed E-state index contributed by atoms with van der Waals surface area (Å²) in [7, 11) is 0. The van der Waals surface area contributed by atoms with Crippen molar-refractivity contribution in [3.63, 3.8) is 0 Å². The first-order valence-corrected chi connectivity index (χ1v) is 4.62. The van der Waals surface area contributed by atoms with Gasteiger partial charge < -0.3 is 5.11 Å². The van der Waals surface area contributed by atoms with Gasteiger partial charge in [-0.2, -0.15) is 0 Å². The van der Waals surface area contributed by atoms with Crippen molar-refractivity contribution < 1.29 is 5.11 Å². The molecular weight excluding hydrogens is 180 g/mol. The minimum absolute atomic E-state index is 0.250. The fourth-order valence-corrected chi connectivity index (χ4v) is 0.741. The van der Waals surface area contributed by atoms with Crippen LogP contribution in [-0.4, -0.2) is 17.0 Å². The molecule has 0 bridgehead atoms. The number of unbranched alkanes of at least 4 members (excludes halogenated alkanes) is 2. The molecule has 1 nitrogen and oxygen atoms in total. The third-order valence-corrected chi connectivity index (χ3v) is 1.30. The monoisotopic (exact) mass is 196 g/mol. The molecule has 0 aromatic rings. The summed E-state index contributed by atoms with van der Waals surface area (Å²) in [5, 5.41) is 8.74. The lowest BCUT2D eigenvalue weighted by molar-refractivity contribution is 0.318. The van der Waals surface area contributed by atoms with Crippen LogP contribution < -0.4 is 0 Å². The summed E-state index contributed by atoms with van der Waals surface area (Å²) in [6.07, 6.45) is 4.02. The van der Waals surface area contributed by atoms with E-state index in [9.17, 15) is 0 Å². The van der Waals surface area contributed by atoms with E-state index in [0.717, 1.165) is 0 Å². The van der Waals surface area contributed by atoms with Crippen molar-refractivity contribution in [2.75, 3.05) is 11.9 Å². The van der Waals surface area contributed by atoms with Gasteiger partial charge in [-0.1, -0.05) is 35.7 Å². The minimum Gasteiger partial charge on any atom is -0.397 e. The molecule has 9 heavy (non-hydrogen) atoms. The van der Waals surface area contributed by atoms with Crippen molar-refractivity contribution in [2.45, 2.75) is 33.1 Å². The first-order chi connectivity index (χ1) is 4.33. The van der Waals surface area contributed by atoms with Crippen LogP contribution in [0.5, 0.6) is 0 Å². The molecule has 0 aliphatic rings. The Morgan fingerprint density at radius 1 is 1.22 bits per heavy atom. The predicted molar refractivity (Wildman–Crippen MR) is 46.1 cm³/mol. The molecule has 0 spiro atoms. The van der Waals surface area contributed by atoms with Crippen LogP contribution in [0.4, 0.5) is 0 Å². The molecule has 0 aromatic heterocycles. The summed E-state index contributed by atoms with van der Waals surface area (Å²) in [6.45, 7) is 4.14. The van der Waals surface area contributed by atoms with Crippen molar-refractivity contribution >= 4 is 15.9 Å². The van der Waals surface area contributed by atoms with Crippen molar-refractivity contribution in [2.24, 2.45) is 0 Å². The first kappa shape index (κ1) is 12.1. The Kier molecular flexibility index (Phi) is 21.3. The van der Waals surface area contributed by atoms with Crippen LogP contribution in [0.3, 0.4) is 0 Å². The van der Waals surface area contributed by atoms with Crippen LogP contribution in [0, 0.1) is 0 Å². The first-order valence-electron chi connectivity index (χ1n) is 3.50. The quantitative estimate of drug-likeness (QED) is 0.544. The Bertz CT molecular complexity index is 28.1. The van der Waals surface area contributed by atoms with Gasteiger partial charge in [-0.25, -0.2) is 0 Å². The highest BCUT2D eigenvalue weighted by atomic mass is 79.9. The lowest BCUT2D eigenvalue weighted by atomic mass is 10.3. The molecule has 1 N–H and O–H groups in total. The van der Waals surface area contributed by atoms with E-state index < -0.39 is 0 Å². The Morgan fingerprint density at radius 2 is 1.67 bits per heavy atom. The van der Waals surface area contributed by atoms with E-state index in [1.165, 1.54) is 24.6 Å². The van der Waals surface area contributed by atoms with Crippen molar-refractivity contribution in [3.05, 3.63) is 0 Å². The molecule has 0 radical (unpaired) electrons. The summed E-state index contributed by atoms with van der Waals surface area (Å²) >= 11 is 3.35. The average Bonchev–Trinajstić information content (AvgIpc) is 1.86. The van der Waals surface area contributed by atoms with Gasteiger partial charge in [-0.3, -0.25) is 0 Å². The van der Waals surface area contributed by atoms with Crippen LogP contribution >= 0.6 is 15.9 Å². The van der Waals surface area contributed by atoms with Gasteiger partial charge in [0.2, 0.25) is 0 Å². The fourth-order valence-electron chi connectivity index (χ4n) is 0.344. The number of aliphatic hydroxyl groups is 1. The second-order valence-electron chi connectivity index (χ2n) is 1.71. The largest absolute Gasteiger partial charge is 0.397 e. The highest BCUT2D eigenvalue weighted by molar-refractivity contribution is 9.09. The summed E-state index contributed by atoms with van der Waals surface area (Å²) in [4.78, 5) is 0. The maximum absolute atomic E-state index is 7.57. The second-order valence-corrected chi connectivity index (χ2v) is 2.51. The fraction of sp³-hybridized carbons (Fsp3) is 1.00. The number of hydrogen-bond donors (Lipinski definition) is 1. The molecule has 0 fully saturated rings. The summed E-state index contributed by atoms with van der Waals surface area (Å²) in [5.74, 6) is 0. The van der Waals surface area contributed by atoms with Crippen LogP contribution in [-0.2, 0) is 0 Å². The molecule has 0 aromatic carbocycles. The normalized spacial score (nSPS) is 8.00. The van der Waals surface area contributed by atoms with Crippen LogP contribution in [0.2, 0.25) is 0 Å². The Morgan fingerprint density at radius 3 is 1.78 bits per heavy atom. The maximum Gasteiger partial charge on any atom is 0.0402 e. The molecule has 0 saturated heterocycles. The average molecular weight is 197 g/mol. The van der Waals surface area contributed by atoms with E-state index >= 15 is 0 Å². The molecule has 2 heteroatoms. The number of aliphatic hydroxyl groups excluding tert-OH is 1. The van der Waals surface area contributed by atoms with Crippen LogP contribution in [0.15, 0.2) is 0 Å². The highest BCUT2D eigenvalue weighted by Crippen LogP contribution is 1.95. The Labute approximate surface area is 66.6 Å². The maximum atomic E-state index is 7.57. The molecule has 0 unspecified atom stereocenters. The van der Waals surface area contributed by atoms with Gasteiger partial charge in [0.15, 0.2) is 0 Å². The lowest BCUT2D eigenvalue weighted by Gasteiger charge is -1.85. The summed E-state index contributed by atoms with van der Waals surface area (Å²) in [5.41, 5.74) is 0. The molecular formula is C7H17BrO. The summed E-state index contributed by atoms with van der Waals surface area (Å²) < 4.78 is 0. The van der Waals surface area contributed by atoms with E-state index in [1.54, 1.807) is 6.92 Å². The number of halogens is 1. The zero-order valence-corrected chi connectivity index (χ0v) is 7.95. The molecule has 0 heterocycles. The van der Waals surface area contributed by atoms with E-state index in [2.05, 4.69) is 22.9 Å². The van der Waals surface area contributed by atoms with Gasteiger partial charge in [0.05, 0.1) is 0 Å². The molecule has 0 atom stereocenters. The molecule has 0 amide bonds. The third-order valence-electron chi connectivity index (χ3n) is 0.737. The van der Waals surface area contributed by atoms with Gasteiger partial charge in [-0.15, -0.1) is 0 Å². The predicted octanol–water partition coefficient (Wildman–Crippen LogP) is 2.57. The standard InChI is InChI=1S/C5H11Br.C2H6O/c1-2-3-4-5-6;1-2-3/h2-5H2,1H3;3H,2H2,1H3. The smallest absolute Gasteiger partial charge is 0.0402 e. The van der Waals surface area contributed by atoms with Crippen molar-refractivity contribution in [1.82, 2.24) is 0 Å². The van der Waals surface area contributed by atoms with Gasteiger partial charge in [0.25, 0.3) is 0 Å². The molecule has 0 aliphatic carbocycles. The van der Waals surface area contributed by atoms with Gasteiger partial charge in [0.1, 0.15) is 0 Å². The van der Waals surface area contributed by atoms with Gasteiger partial charge in [-0.05, 0) is 13.3 Å². The Hall–Kier alpha value is 0.440. The SMILES string of the molecule is CCCCCBr.CCO. The van der Waals surface area contributed by atoms with Gasteiger partial charge in [0, 0.05) is 11.9 Å². The second kappa shape index (κ2) is 15.8. The number of hydrogen-bond acceptors (Lipinski definition) is 1. The Balaban J connectivity index is 0. The van der Waals surface area contributed by atoms with Crippen LogP contribution in [0.25, 0.3) is 0 Å². The van der Waals surface area contributed by atoms with E-state index in [-0.39, 0.29) is 6.61 Å². The molecule has 0 aliphatic heterocycles.